The maximum atomic E-state index is 6.72. The van der Waals surface area contributed by atoms with Crippen LogP contribution >= 0.6 is 7.06 Å². The van der Waals surface area contributed by atoms with Gasteiger partial charge in [-0.2, -0.15) is 0 Å². The third-order valence-corrected chi connectivity index (χ3v) is 9.70. The SMILES string of the molecule is c1ccc(P2(c3ccccc3)(c3ccccc3)OCCCO2)cc1. The fraction of sp³-hybridized carbons (Fsp3) is 0.143. The second kappa shape index (κ2) is 6.14. The summed E-state index contributed by atoms with van der Waals surface area (Å²) in [5.41, 5.74) is 0. The summed E-state index contributed by atoms with van der Waals surface area (Å²) in [4.78, 5) is 0. The predicted molar refractivity (Wildman–Crippen MR) is 102 cm³/mol. The molecule has 0 aromatic heterocycles. The molecule has 0 bridgehead atoms. The molecule has 122 valence electrons. The van der Waals surface area contributed by atoms with Crippen molar-refractivity contribution in [1.82, 2.24) is 0 Å². The Morgan fingerprint density at radius 3 is 1.17 bits per heavy atom. The molecule has 0 saturated carbocycles. The molecule has 1 fully saturated rings. The van der Waals surface area contributed by atoms with Crippen LogP contribution < -0.4 is 15.9 Å². The van der Waals surface area contributed by atoms with Crippen molar-refractivity contribution >= 4 is 23.0 Å². The van der Waals surface area contributed by atoms with Crippen LogP contribution in [0.2, 0.25) is 0 Å². The van der Waals surface area contributed by atoms with Gasteiger partial charge in [0.05, 0.1) is 0 Å². The Bertz CT molecular complexity index is 694. The molecule has 24 heavy (non-hydrogen) atoms. The van der Waals surface area contributed by atoms with Crippen molar-refractivity contribution in [3.8, 4) is 0 Å². The molecule has 3 heteroatoms. The molecule has 1 aliphatic heterocycles. The van der Waals surface area contributed by atoms with Crippen molar-refractivity contribution in [3.63, 3.8) is 0 Å². The van der Waals surface area contributed by atoms with Crippen molar-refractivity contribution < 1.29 is 9.05 Å². The molecule has 0 spiro atoms. The molecule has 0 amide bonds. The van der Waals surface area contributed by atoms with Gasteiger partial charge in [-0.15, -0.1) is 0 Å². The molecule has 0 radical (unpaired) electrons. The third-order valence-electron chi connectivity index (χ3n) is 4.64. The number of hydrogen-bond acceptors (Lipinski definition) is 2. The molecule has 0 unspecified atom stereocenters. The third kappa shape index (κ3) is 2.15. The van der Waals surface area contributed by atoms with E-state index in [1.165, 1.54) is 0 Å². The molecule has 3 aromatic carbocycles. The number of hydrogen-bond donors (Lipinski definition) is 0. The van der Waals surface area contributed by atoms with Gasteiger partial charge in [0, 0.05) is 0 Å². The fourth-order valence-electron chi connectivity index (χ4n) is 3.56. The normalized spacial score (nSPS) is 20.6. The predicted octanol–water partition coefficient (Wildman–Crippen LogP) is 3.78. The minimum atomic E-state index is -3.37. The first kappa shape index (κ1) is 15.5. The van der Waals surface area contributed by atoms with E-state index < -0.39 is 7.06 Å². The Labute approximate surface area is 143 Å². The van der Waals surface area contributed by atoms with E-state index in [0.717, 1.165) is 22.3 Å². The summed E-state index contributed by atoms with van der Waals surface area (Å²) < 4.78 is 13.4. The Morgan fingerprint density at radius 1 is 0.500 bits per heavy atom. The molecule has 0 aliphatic carbocycles. The summed E-state index contributed by atoms with van der Waals surface area (Å²) in [7, 11) is -3.37. The van der Waals surface area contributed by atoms with E-state index in [4.69, 9.17) is 9.05 Å². The number of rotatable bonds is 3. The van der Waals surface area contributed by atoms with E-state index in [2.05, 4.69) is 72.8 Å². The van der Waals surface area contributed by atoms with E-state index in [1.54, 1.807) is 0 Å². The Balaban J connectivity index is 2.12. The van der Waals surface area contributed by atoms with Gasteiger partial charge in [0.15, 0.2) is 0 Å². The zero-order valence-corrected chi connectivity index (χ0v) is 14.4. The van der Waals surface area contributed by atoms with Gasteiger partial charge in [0.1, 0.15) is 0 Å². The first-order valence-electron chi connectivity index (χ1n) is 8.35. The van der Waals surface area contributed by atoms with Crippen molar-refractivity contribution in [2.45, 2.75) is 6.42 Å². The Kier molecular flexibility index (Phi) is 3.97. The van der Waals surface area contributed by atoms with E-state index in [1.807, 2.05) is 18.2 Å². The topological polar surface area (TPSA) is 18.5 Å². The van der Waals surface area contributed by atoms with Crippen LogP contribution in [0.1, 0.15) is 6.42 Å². The second-order valence-electron chi connectivity index (χ2n) is 5.98. The van der Waals surface area contributed by atoms with Crippen molar-refractivity contribution in [3.05, 3.63) is 91.0 Å². The first-order valence-corrected chi connectivity index (χ1v) is 10.4. The van der Waals surface area contributed by atoms with E-state index in [9.17, 15) is 0 Å². The quantitative estimate of drug-likeness (QED) is 0.678. The molecule has 0 N–H and O–H groups in total. The summed E-state index contributed by atoms with van der Waals surface area (Å²) in [6.45, 7) is 1.41. The Hall–Kier alpha value is -1.99. The van der Waals surface area contributed by atoms with Gasteiger partial charge in [-0.3, -0.25) is 0 Å². The summed E-state index contributed by atoms with van der Waals surface area (Å²) >= 11 is 0. The van der Waals surface area contributed by atoms with Crippen molar-refractivity contribution in [1.29, 1.82) is 0 Å². The summed E-state index contributed by atoms with van der Waals surface area (Å²) in [6.07, 6.45) is 0.921. The van der Waals surface area contributed by atoms with Crippen molar-refractivity contribution in [2.75, 3.05) is 13.2 Å². The standard InChI is InChI=1S/C21H21O2P/c1-4-11-19(12-5-1)24(22-17-10-18-23-24,20-13-6-2-7-14-20)21-15-8-3-9-16-21/h1-9,11-16H,10,17-18H2. The van der Waals surface area contributed by atoms with Gasteiger partial charge in [0.25, 0.3) is 0 Å². The summed E-state index contributed by atoms with van der Waals surface area (Å²) in [5.74, 6) is 0. The maximum absolute atomic E-state index is 6.72. The van der Waals surface area contributed by atoms with Crippen LogP contribution in [0.3, 0.4) is 0 Å². The molecule has 0 atom stereocenters. The molecule has 2 nitrogen and oxygen atoms in total. The van der Waals surface area contributed by atoms with Gasteiger partial charge < -0.3 is 0 Å². The first-order chi connectivity index (χ1) is 11.9. The average Bonchev–Trinajstić information content (AvgIpc) is 2.71. The molecule has 1 heterocycles. The summed E-state index contributed by atoms with van der Waals surface area (Å²) in [6, 6.07) is 31.4. The molecule has 4 rings (SSSR count). The van der Waals surface area contributed by atoms with E-state index in [-0.39, 0.29) is 0 Å². The molecule has 1 aliphatic rings. The fourth-order valence-corrected chi connectivity index (χ4v) is 8.52. The molecule has 3 aromatic rings. The van der Waals surface area contributed by atoms with Crippen LogP contribution in [0.25, 0.3) is 0 Å². The zero-order chi connectivity index (χ0) is 16.3. The van der Waals surface area contributed by atoms with Gasteiger partial charge in [0.2, 0.25) is 0 Å². The number of benzene rings is 3. The monoisotopic (exact) mass is 336 g/mol. The van der Waals surface area contributed by atoms with Crippen LogP contribution in [-0.2, 0) is 9.05 Å². The van der Waals surface area contributed by atoms with Crippen LogP contribution in [0, 0.1) is 0 Å². The molecular formula is C21H21O2P. The Morgan fingerprint density at radius 2 is 0.833 bits per heavy atom. The van der Waals surface area contributed by atoms with Gasteiger partial charge in [-0.05, 0) is 0 Å². The molecular weight excluding hydrogens is 315 g/mol. The average molecular weight is 336 g/mol. The van der Waals surface area contributed by atoms with Gasteiger partial charge in [-0.25, -0.2) is 0 Å². The van der Waals surface area contributed by atoms with Crippen LogP contribution in [0.4, 0.5) is 0 Å². The zero-order valence-electron chi connectivity index (χ0n) is 13.5. The molecule has 1 saturated heterocycles. The minimum absolute atomic E-state index is 0.705. The van der Waals surface area contributed by atoms with Crippen LogP contribution in [-0.4, -0.2) is 13.2 Å². The van der Waals surface area contributed by atoms with Crippen LogP contribution in [0.15, 0.2) is 91.0 Å². The summed E-state index contributed by atoms with van der Waals surface area (Å²) in [5, 5.41) is 3.38. The van der Waals surface area contributed by atoms with Gasteiger partial charge in [-0.1, -0.05) is 0 Å². The second-order valence-corrected chi connectivity index (χ2v) is 9.97. The van der Waals surface area contributed by atoms with Crippen molar-refractivity contribution in [2.24, 2.45) is 0 Å². The van der Waals surface area contributed by atoms with E-state index in [0.29, 0.717) is 13.2 Å². The van der Waals surface area contributed by atoms with Gasteiger partial charge >= 0.3 is 143 Å². The van der Waals surface area contributed by atoms with Crippen LogP contribution in [0.5, 0.6) is 0 Å². The van der Waals surface area contributed by atoms with E-state index >= 15 is 0 Å².